The lowest BCUT2D eigenvalue weighted by atomic mass is 9.80. The molecular weight excluding hydrogens is 344 g/mol. The van der Waals surface area contributed by atoms with Crippen molar-refractivity contribution in [3.8, 4) is 5.75 Å². The number of benzene rings is 1. The lowest BCUT2D eigenvalue weighted by Crippen LogP contribution is -2.58. The average Bonchev–Trinajstić information content (AvgIpc) is 3.09. The minimum atomic E-state index is -0.691. The van der Waals surface area contributed by atoms with E-state index in [1.54, 1.807) is 19.1 Å². The van der Waals surface area contributed by atoms with Gasteiger partial charge in [0.2, 0.25) is 11.8 Å². The van der Waals surface area contributed by atoms with Crippen molar-refractivity contribution in [2.45, 2.75) is 56.1 Å². The Balaban J connectivity index is 1.86. The summed E-state index contributed by atoms with van der Waals surface area (Å²) in [5.41, 5.74) is 6.28. The summed E-state index contributed by atoms with van der Waals surface area (Å²) in [5.74, 6) is 0.612. The molecular formula is C20H30N4O3. The summed E-state index contributed by atoms with van der Waals surface area (Å²) in [6.07, 6.45) is 5.11. The van der Waals surface area contributed by atoms with Gasteiger partial charge in [-0.05, 0) is 43.5 Å². The van der Waals surface area contributed by atoms with E-state index in [2.05, 4.69) is 10.6 Å². The van der Waals surface area contributed by atoms with Gasteiger partial charge in [0.1, 0.15) is 17.3 Å². The summed E-state index contributed by atoms with van der Waals surface area (Å²) in [7, 11) is 3.23. The van der Waals surface area contributed by atoms with E-state index in [1.807, 2.05) is 24.3 Å². The first-order valence-electron chi connectivity index (χ1n) is 9.69. The summed E-state index contributed by atoms with van der Waals surface area (Å²) >= 11 is 0. The molecule has 7 nitrogen and oxygen atoms in total. The summed E-state index contributed by atoms with van der Waals surface area (Å²) in [6.45, 7) is 0.420. The number of hydrogen-bond donors (Lipinski definition) is 3. The number of carbonyl (C=O) groups is 2. The summed E-state index contributed by atoms with van der Waals surface area (Å²) < 4.78 is 5.22. The normalized spacial score (nSPS) is 24.3. The first kappa shape index (κ1) is 19.5. The number of likely N-dealkylation sites (N-methyl/N-ethyl adjacent to an activating group) is 1. The average molecular weight is 374 g/mol. The number of nitrogens with zero attached hydrogens (tertiary/aromatic N) is 1. The van der Waals surface area contributed by atoms with Gasteiger partial charge in [-0.1, -0.05) is 19.3 Å². The molecule has 27 heavy (non-hydrogen) atoms. The Hall–Kier alpha value is -2.28. The topological polar surface area (TPSA) is 96.7 Å². The molecule has 2 aliphatic rings. The second kappa shape index (κ2) is 8.17. The SMILES string of the molecule is CNC(=O)[C@@H]1C[C@@H](N)CN1C(=O)C1(Nc2ccc(OC)cc2)CCCCC1. The molecule has 3 rings (SSSR count). The molecule has 148 valence electrons. The van der Waals surface area contributed by atoms with Crippen LogP contribution in [0.1, 0.15) is 38.5 Å². The Morgan fingerprint density at radius 3 is 2.44 bits per heavy atom. The van der Waals surface area contributed by atoms with Crippen LogP contribution in [0.25, 0.3) is 0 Å². The van der Waals surface area contributed by atoms with Gasteiger partial charge in [-0.2, -0.15) is 0 Å². The highest BCUT2D eigenvalue weighted by Gasteiger charge is 2.47. The molecule has 0 radical (unpaired) electrons. The number of likely N-dealkylation sites (tertiary alicyclic amines) is 1. The zero-order valence-electron chi connectivity index (χ0n) is 16.2. The van der Waals surface area contributed by atoms with Crippen LogP contribution in [0.2, 0.25) is 0 Å². The van der Waals surface area contributed by atoms with Gasteiger partial charge in [-0.25, -0.2) is 0 Å². The van der Waals surface area contributed by atoms with Crippen LogP contribution >= 0.6 is 0 Å². The molecule has 1 aliphatic carbocycles. The third-order valence-corrected chi connectivity index (χ3v) is 5.73. The second-order valence-electron chi connectivity index (χ2n) is 7.58. The van der Waals surface area contributed by atoms with E-state index >= 15 is 0 Å². The number of methoxy groups -OCH3 is 1. The number of hydrogen-bond acceptors (Lipinski definition) is 5. The Bertz CT molecular complexity index is 670. The van der Waals surface area contributed by atoms with Gasteiger partial charge in [-0.15, -0.1) is 0 Å². The minimum absolute atomic E-state index is 0.0143. The summed E-state index contributed by atoms with van der Waals surface area (Å²) in [5, 5.41) is 6.16. The number of rotatable bonds is 5. The highest BCUT2D eigenvalue weighted by Crippen LogP contribution is 2.35. The Labute approximate surface area is 160 Å². The predicted molar refractivity (Wildman–Crippen MR) is 105 cm³/mol. The zero-order chi connectivity index (χ0) is 19.4. The van der Waals surface area contributed by atoms with Gasteiger partial charge in [-0.3, -0.25) is 9.59 Å². The van der Waals surface area contributed by atoms with E-state index in [1.165, 1.54) is 0 Å². The number of nitrogens with two attached hydrogens (primary N) is 1. The van der Waals surface area contributed by atoms with E-state index in [9.17, 15) is 9.59 Å². The van der Waals surface area contributed by atoms with Crippen molar-refractivity contribution >= 4 is 17.5 Å². The first-order valence-corrected chi connectivity index (χ1v) is 9.69. The molecule has 4 N–H and O–H groups in total. The van der Waals surface area contributed by atoms with E-state index in [0.29, 0.717) is 13.0 Å². The van der Waals surface area contributed by atoms with Gasteiger partial charge in [0, 0.05) is 25.3 Å². The fraction of sp³-hybridized carbons (Fsp3) is 0.600. The Kier molecular flexibility index (Phi) is 5.89. The van der Waals surface area contributed by atoms with Crippen molar-refractivity contribution in [2.24, 2.45) is 5.73 Å². The molecule has 0 bridgehead atoms. The highest BCUT2D eigenvalue weighted by molar-refractivity contribution is 5.94. The third-order valence-electron chi connectivity index (χ3n) is 5.73. The molecule has 7 heteroatoms. The van der Waals surface area contributed by atoms with Crippen molar-refractivity contribution in [3.05, 3.63) is 24.3 Å². The molecule has 2 fully saturated rings. The maximum Gasteiger partial charge on any atom is 0.248 e. The lowest BCUT2D eigenvalue weighted by molar-refractivity contribution is -0.142. The van der Waals surface area contributed by atoms with E-state index in [4.69, 9.17) is 10.5 Å². The quantitative estimate of drug-likeness (QED) is 0.725. The second-order valence-corrected chi connectivity index (χ2v) is 7.58. The lowest BCUT2D eigenvalue weighted by Gasteiger charge is -2.41. The van der Waals surface area contributed by atoms with Gasteiger partial charge in [0.25, 0.3) is 0 Å². The molecule has 2 amide bonds. The fourth-order valence-corrected chi connectivity index (χ4v) is 4.28. The van der Waals surface area contributed by atoms with Gasteiger partial charge in [0.05, 0.1) is 7.11 Å². The number of ether oxygens (including phenoxy) is 1. The molecule has 0 aromatic heterocycles. The highest BCUT2D eigenvalue weighted by atomic mass is 16.5. The van der Waals surface area contributed by atoms with Crippen LogP contribution in [0.4, 0.5) is 5.69 Å². The fourth-order valence-electron chi connectivity index (χ4n) is 4.28. The first-order chi connectivity index (χ1) is 13.0. The number of anilines is 1. The Morgan fingerprint density at radius 2 is 1.85 bits per heavy atom. The molecule has 1 aromatic rings. The van der Waals surface area contributed by atoms with Gasteiger partial charge < -0.3 is 26.0 Å². The molecule has 0 unspecified atom stereocenters. The van der Waals surface area contributed by atoms with Crippen molar-refractivity contribution < 1.29 is 14.3 Å². The van der Waals surface area contributed by atoms with Crippen LogP contribution in [0.5, 0.6) is 5.75 Å². The van der Waals surface area contributed by atoms with E-state index in [0.717, 1.165) is 43.5 Å². The molecule has 0 spiro atoms. The van der Waals surface area contributed by atoms with Gasteiger partial charge in [0.15, 0.2) is 0 Å². The largest absolute Gasteiger partial charge is 0.497 e. The molecule has 1 heterocycles. The zero-order valence-corrected chi connectivity index (χ0v) is 16.2. The molecule has 1 aliphatic heterocycles. The molecule has 1 saturated carbocycles. The van der Waals surface area contributed by atoms with Gasteiger partial charge >= 0.3 is 0 Å². The number of carbonyl (C=O) groups excluding carboxylic acids is 2. The van der Waals surface area contributed by atoms with Crippen LogP contribution in [0.15, 0.2) is 24.3 Å². The maximum absolute atomic E-state index is 13.6. The van der Waals surface area contributed by atoms with Crippen LogP contribution in [0.3, 0.4) is 0 Å². The summed E-state index contributed by atoms with van der Waals surface area (Å²) in [6, 6.07) is 6.94. The smallest absolute Gasteiger partial charge is 0.248 e. The Morgan fingerprint density at radius 1 is 1.19 bits per heavy atom. The summed E-state index contributed by atoms with van der Waals surface area (Å²) in [4.78, 5) is 27.6. The van der Waals surface area contributed by atoms with E-state index in [-0.39, 0.29) is 17.9 Å². The molecule has 1 saturated heterocycles. The predicted octanol–water partition coefficient (Wildman–Crippen LogP) is 1.48. The third kappa shape index (κ3) is 4.03. The van der Waals surface area contributed by atoms with Crippen molar-refractivity contribution in [1.82, 2.24) is 10.2 Å². The standard InChI is InChI=1S/C20H30N4O3/c1-22-18(25)17-12-14(21)13-24(17)19(26)20(10-4-3-5-11-20)23-15-6-8-16(27-2)9-7-15/h6-9,14,17,23H,3-5,10-13,21H2,1-2H3,(H,22,25)/t14-,17+/m1/s1. The molecule has 1 aromatic carbocycles. The van der Waals surface area contributed by atoms with Crippen LogP contribution in [0, 0.1) is 0 Å². The van der Waals surface area contributed by atoms with Crippen LogP contribution in [-0.4, -0.2) is 55.0 Å². The van der Waals surface area contributed by atoms with E-state index < -0.39 is 11.6 Å². The molecule has 2 atom stereocenters. The maximum atomic E-state index is 13.6. The van der Waals surface area contributed by atoms with Crippen molar-refractivity contribution in [3.63, 3.8) is 0 Å². The number of nitrogens with one attached hydrogen (secondary N) is 2. The number of amides is 2. The van der Waals surface area contributed by atoms with Crippen LogP contribution in [-0.2, 0) is 9.59 Å². The monoisotopic (exact) mass is 374 g/mol. The van der Waals surface area contributed by atoms with Crippen molar-refractivity contribution in [2.75, 3.05) is 26.0 Å². The van der Waals surface area contributed by atoms with Crippen LogP contribution < -0.4 is 21.1 Å². The minimum Gasteiger partial charge on any atom is -0.497 e. The van der Waals surface area contributed by atoms with Crippen molar-refractivity contribution in [1.29, 1.82) is 0 Å².